The molecule has 0 unspecified atom stereocenters. The van der Waals surface area contributed by atoms with Gasteiger partial charge in [0.15, 0.2) is 0 Å². The number of carbonyl (C=O) groups excluding carboxylic acids is 1. The van der Waals surface area contributed by atoms with Gasteiger partial charge in [0.25, 0.3) is 5.56 Å². The summed E-state index contributed by atoms with van der Waals surface area (Å²) in [7, 11) is 0. The topological polar surface area (TPSA) is 66.1 Å². The van der Waals surface area contributed by atoms with Gasteiger partial charge in [-0.15, -0.1) is 11.3 Å². The first-order valence-corrected chi connectivity index (χ1v) is 7.59. The lowest BCUT2D eigenvalue weighted by Gasteiger charge is -2.24. The standard InChI is InChI=1S/C14H17N3O2S/c1-8-9(2)20-14-12(8)13(19)15-11(16-14)7-17-5-3-10(18)4-6-17/h3-7H2,1-2H3,(H,15,16,19). The van der Waals surface area contributed by atoms with Crippen LogP contribution in [0.25, 0.3) is 10.2 Å². The van der Waals surface area contributed by atoms with Crippen molar-refractivity contribution in [1.82, 2.24) is 14.9 Å². The smallest absolute Gasteiger partial charge is 0.259 e. The molecular formula is C14H17N3O2S. The molecule has 1 N–H and O–H groups in total. The number of aromatic nitrogens is 2. The van der Waals surface area contributed by atoms with E-state index >= 15 is 0 Å². The SMILES string of the molecule is Cc1sc2nc(CN3CCC(=O)CC3)[nH]c(=O)c2c1C. The van der Waals surface area contributed by atoms with E-state index in [0.717, 1.165) is 28.4 Å². The van der Waals surface area contributed by atoms with E-state index in [1.807, 2.05) is 13.8 Å². The summed E-state index contributed by atoms with van der Waals surface area (Å²) < 4.78 is 0. The number of nitrogens with one attached hydrogen (secondary N) is 1. The van der Waals surface area contributed by atoms with Gasteiger partial charge in [0, 0.05) is 30.8 Å². The number of fused-ring (bicyclic) bond motifs is 1. The Balaban J connectivity index is 1.89. The van der Waals surface area contributed by atoms with Gasteiger partial charge in [-0.1, -0.05) is 0 Å². The van der Waals surface area contributed by atoms with E-state index in [4.69, 9.17) is 0 Å². The van der Waals surface area contributed by atoms with E-state index in [0.29, 0.717) is 36.4 Å². The number of aromatic amines is 1. The lowest BCUT2D eigenvalue weighted by atomic mass is 10.1. The Morgan fingerprint density at radius 1 is 1.25 bits per heavy atom. The van der Waals surface area contributed by atoms with Gasteiger partial charge in [-0.25, -0.2) is 4.98 Å². The van der Waals surface area contributed by atoms with Crippen molar-refractivity contribution in [3.05, 3.63) is 26.6 Å². The van der Waals surface area contributed by atoms with Gasteiger partial charge in [-0.3, -0.25) is 14.5 Å². The lowest BCUT2D eigenvalue weighted by Crippen LogP contribution is -2.34. The number of nitrogens with zero attached hydrogens (tertiary/aromatic N) is 2. The quantitative estimate of drug-likeness (QED) is 0.915. The minimum atomic E-state index is -0.0556. The van der Waals surface area contributed by atoms with E-state index in [1.165, 1.54) is 0 Å². The van der Waals surface area contributed by atoms with Gasteiger partial charge in [0.05, 0.1) is 11.9 Å². The number of aryl methyl sites for hydroxylation is 2. The monoisotopic (exact) mass is 291 g/mol. The number of likely N-dealkylation sites (tertiary alicyclic amines) is 1. The second-order valence-electron chi connectivity index (χ2n) is 5.29. The molecule has 0 saturated carbocycles. The van der Waals surface area contributed by atoms with Gasteiger partial charge in [0.1, 0.15) is 16.4 Å². The molecule has 0 atom stereocenters. The normalized spacial score (nSPS) is 17.0. The molecule has 1 aliphatic rings. The Hall–Kier alpha value is -1.53. The molecule has 6 heteroatoms. The molecule has 2 aromatic rings. The number of carbonyl (C=O) groups is 1. The molecule has 0 aliphatic carbocycles. The third-order valence-electron chi connectivity index (χ3n) is 3.88. The van der Waals surface area contributed by atoms with Gasteiger partial charge < -0.3 is 4.98 Å². The summed E-state index contributed by atoms with van der Waals surface area (Å²) in [5.74, 6) is 1.01. The van der Waals surface area contributed by atoms with E-state index in [-0.39, 0.29) is 5.56 Å². The third-order valence-corrected chi connectivity index (χ3v) is 4.98. The van der Waals surface area contributed by atoms with E-state index in [1.54, 1.807) is 11.3 Å². The van der Waals surface area contributed by atoms with E-state index < -0.39 is 0 Å². The number of hydrogen-bond donors (Lipinski definition) is 1. The lowest BCUT2D eigenvalue weighted by molar-refractivity contribution is -0.121. The van der Waals surface area contributed by atoms with Crippen LogP contribution in [0, 0.1) is 13.8 Å². The molecule has 0 radical (unpaired) electrons. The fraction of sp³-hybridized carbons (Fsp3) is 0.500. The molecule has 0 amide bonds. The number of Topliss-reactive ketones (excluding diaryl/α,β-unsaturated/α-hetero) is 1. The highest BCUT2D eigenvalue weighted by Gasteiger charge is 2.18. The fourth-order valence-corrected chi connectivity index (χ4v) is 3.60. The molecule has 1 saturated heterocycles. The summed E-state index contributed by atoms with van der Waals surface area (Å²) in [6.07, 6.45) is 1.20. The van der Waals surface area contributed by atoms with Crippen LogP contribution in [0.5, 0.6) is 0 Å². The summed E-state index contributed by atoms with van der Waals surface area (Å²) in [6.45, 7) is 6.08. The molecule has 106 valence electrons. The van der Waals surface area contributed by atoms with Crippen LogP contribution in [0.15, 0.2) is 4.79 Å². The van der Waals surface area contributed by atoms with Crippen LogP contribution in [0.3, 0.4) is 0 Å². The average molecular weight is 291 g/mol. The number of ketones is 1. The highest BCUT2D eigenvalue weighted by Crippen LogP contribution is 2.25. The zero-order chi connectivity index (χ0) is 14.3. The molecule has 5 nitrogen and oxygen atoms in total. The summed E-state index contributed by atoms with van der Waals surface area (Å²) in [5, 5.41) is 0.713. The van der Waals surface area contributed by atoms with Crippen LogP contribution in [0.1, 0.15) is 29.1 Å². The largest absolute Gasteiger partial charge is 0.309 e. The molecule has 0 aromatic carbocycles. The van der Waals surface area contributed by atoms with Crippen LogP contribution < -0.4 is 5.56 Å². The van der Waals surface area contributed by atoms with Crippen molar-refractivity contribution in [1.29, 1.82) is 0 Å². The van der Waals surface area contributed by atoms with Crippen molar-refractivity contribution in [2.24, 2.45) is 0 Å². The maximum atomic E-state index is 12.2. The van der Waals surface area contributed by atoms with Crippen molar-refractivity contribution in [3.63, 3.8) is 0 Å². The first kappa shape index (κ1) is 13.5. The summed E-state index contributed by atoms with van der Waals surface area (Å²) in [5.41, 5.74) is 0.966. The molecule has 0 spiro atoms. The molecule has 20 heavy (non-hydrogen) atoms. The zero-order valence-electron chi connectivity index (χ0n) is 11.7. The molecule has 1 fully saturated rings. The van der Waals surface area contributed by atoms with Crippen LogP contribution in [0.2, 0.25) is 0 Å². The number of hydrogen-bond acceptors (Lipinski definition) is 5. The highest BCUT2D eigenvalue weighted by atomic mass is 32.1. The fourth-order valence-electron chi connectivity index (χ4n) is 2.55. The average Bonchev–Trinajstić information content (AvgIpc) is 2.68. The van der Waals surface area contributed by atoms with Crippen molar-refractivity contribution in [3.8, 4) is 0 Å². The van der Waals surface area contributed by atoms with E-state index in [9.17, 15) is 9.59 Å². The second kappa shape index (κ2) is 5.10. The Morgan fingerprint density at radius 3 is 2.65 bits per heavy atom. The molecule has 3 rings (SSSR count). The maximum Gasteiger partial charge on any atom is 0.259 e. The van der Waals surface area contributed by atoms with Crippen LogP contribution >= 0.6 is 11.3 Å². The zero-order valence-corrected chi connectivity index (χ0v) is 12.5. The van der Waals surface area contributed by atoms with Gasteiger partial charge in [-0.2, -0.15) is 0 Å². The number of H-pyrrole nitrogens is 1. The predicted octanol–water partition coefficient (Wildman–Crippen LogP) is 1.77. The van der Waals surface area contributed by atoms with Gasteiger partial charge in [0.2, 0.25) is 0 Å². The summed E-state index contributed by atoms with van der Waals surface area (Å²) >= 11 is 1.57. The van der Waals surface area contributed by atoms with Crippen molar-refractivity contribution < 1.29 is 4.79 Å². The third kappa shape index (κ3) is 2.41. The minimum Gasteiger partial charge on any atom is -0.309 e. The Bertz CT molecular complexity index is 722. The molecule has 1 aliphatic heterocycles. The van der Waals surface area contributed by atoms with Crippen LogP contribution in [0.4, 0.5) is 0 Å². The summed E-state index contributed by atoms with van der Waals surface area (Å²) in [4.78, 5) is 35.0. The van der Waals surface area contributed by atoms with Gasteiger partial charge >= 0.3 is 0 Å². The Morgan fingerprint density at radius 2 is 1.95 bits per heavy atom. The van der Waals surface area contributed by atoms with Crippen molar-refractivity contribution in [2.75, 3.05) is 13.1 Å². The Kier molecular flexibility index (Phi) is 3.43. The van der Waals surface area contributed by atoms with Crippen LogP contribution in [-0.4, -0.2) is 33.7 Å². The van der Waals surface area contributed by atoms with E-state index in [2.05, 4.69) is 14.9 Å². The first-order chi connectivity index (χ1) is 9.54. The Labute approximate surface area is 120 Å². The van der Waals surface area contributed by atoms with Crippen LogP contribution in [-0.2, 0) is 11.3 Å². The molecule has 2 aromatic heterocycles. The molecular weight excluding hydrogens is 274 g/mol. The summed E-state index contributed by atoms with van der Waals surface area (Å²) in [6, 6.07) is 0. The maximum absolute atomic E-state index is 12.2. The first-order valence-electron chi connectivity index (χ1n) is 6.77. The second-order valence-corrected chi connectivity index (χ2v) is 6.49. The number of rotatable bonds is 2. The number of thiophene rings is 1. The van der Waals surface area contributed by atoms with Gasteiger partial charge in [-0.05, 0) is 19.4 Å². The van der Waals surface area contributed by atoms with Crippen molar-refractivity contribution in [2.45, 2.75) is 33.2 Å². The van der Waals surface area contributed by atoms with Crippen molar-refractivity contribution >= 4 is 27.3 Å². The minimum absolute atomic E-state index is 0.0556. The highest BCUT2D eigenvalue weighted by molar-refractivity contribution is 7.18. The predicted molar refractivity (Wildman–Crippen MR) is 79.2 cm³/mol. The number of piperidine rings is 1. The molecule has 3 heterocycles. The molecule has 0 bridgehead atoms.